The predicted molar refractivity (Wildman–Crippen MR) is 106 cm³/mol. The molecule has 0 saturated carbocycles. The fourth-order valence-electron chi connectivity index (χ4n) is 3.19. The Morgan fingerprint density at radius 2 is 1.71 bits per heavy atom. The van der Waals surface area contributed by atoms with Crippen molar-refractivity contribution in [2.75, 3.05) is 52.8 Å². The minimum absolute atomic E-state index is 0.147. The van der Waals surface area contributed by atoms with Gasteiger partial charge >= 0.3 is 6.03 Å². The molecule has 1 aromatic heterocycles. The maximum atomic E-state index is 12.7. The molecule has 2 heterocycles. The first-order valence-corrected chi connectivity index (χ1v) is 9.12. The lowest BCUT2D eigenvalue weighted by Crippen LogP contribution is -2.49. The van der Waals surface area contributed by atoms with Crippen LogP contribution in [0.15, 0.2) is 36.5 Å². The molecule has 2 aromatic rings. The van der Waals surface area contributed by atoms with Crippen LogP contribution in [0.1, 0.15) is 5.69 Å². The van der Waals surface area contributed by atoms with E-state index in [1.54, 1.807) is 44.6 Å². The van der Waals surface area contributed by atoms with Crippen molar-refractivity contribution in [3.8, 4) is 17.2 Å². The van der Waals surface area contributed by atoms with E-state index in [9.17, 15) is 4.79 Å². The Hall–Kier alpha value is -3.00. The van der Waals surface area contributed by atoms with Gasteiger partial charge in [0.05, 0.1) is 32.7 Å². The molecule has 150 valence electrons. The van der Waals surface area contributed by atoms with Gasteiger partial charge < -0.3 is 24.4 Å². The summed E-state index contributed by atoms with van der Waals surface area (Å²) < 4.78 is 16.0. The monoisotopic (exact) mass is 386 g/mol. The zero-order chi connectivity index (χ0) is 19.9. The SMILES string of the molecule is COc1cc(NC(=O)N2CCN(Cc3ccccn3)CC2)cc(OC)c1OC. The van der Waals surface area contributed by atoms with E-state index in [4.69, 9.17) is 14.2 Å². The minimum Gasteiger partial charge on any atom is -0.493 e. The van der Waals surface area contributed by atoms with Crippen LogP contribution in [0.25, 0.3) is 0 Å². The number of hydrogen-bond donors (Lipinski definition) is 1. The lowest BCUT2D eigenvalue weighted by Gasteiger charge is -2.34. The average molecular weight is 386 g/mol. The number of methoxy groups -OCH3 is 3. The van der Waals surface area contributed by atoms with Gasteiger partial charge in [-0.05, 0) is 12.1 Å². The van der Waals surface area contributed by atoms with E-state index >= 15 is 0 Å². The Morgan fingerprint density at radius 1 is 1.04 bits per heavy atom. The first-order valence-electron chi connectivity index (χ1n) is 9.12. The summed E-state index contributed by atoms with van der Waals surface area (Å²) in [7, 11) is 4.64. The second-order valence-electron chi connectivity index (χ2n) is 6.43. The molecule has 0 bridgehead atoms. The Balaban J connectivity index is 1.58. The first-order chi connectivity index (χ1) is 13.6. The highest BCUT2D eigenvalue weighted by Gasteiger charge is 2.22. The summed E-state index contributed by atoms with van der Waals surface area (Å²) in [5.74, 6) is 1.49. The Kier molecular flexibility index (Phi) is 6.54. The Bertz CT molecular complexity index is 767. The second kappa shape index (κ2) is 9.27. The highest BCUT2D eigenvalue weighted by molar-refractivity contribution is 5.90. The van der Waals surface area contributed by atoms with Gasteiger partial charge in [0.1, 0.15) is 0 Å². The number of nitrogens with one attached hydrogen (secondary N) is 1. The van der Waals surface area contributed by atoms with E-state index < -0.39 is 0 Å². The molecule has 8 nitrogen and oxygen atoms in total. The van der Waals surface area contributed by atoms with Crippen LogP contribution < -0.4 is 19.5 Å². The molecule has 1 fully saturated rings. The number of benzene rings is 1. The van der Waals surface area contributed by atoms with E-state index in [1.807, 2.05) is 18.2 Å². The van der Waals surface area contributed by atoms with Gasteiger partial charge in [0, 0.05) is 51.1 Å². The number of hydrogen-bond acceptors (Lipinski definition) is 6. The largest absolute Gasteiger partial charge is 0.493 e. The van der Waals surface area contributed by atoms with Crippen LogP contribution >= 0.6 is 0 Å². The quantitative estimate of drug-likeness (QED) is 0.822. The molecule has 8 heteroatoms. The number of ether oxygens (including phenoxy) is 3. The minimum atomic E-state index is -0.147. The maximum absolute atomic E-state index is 12.7. The first kappa shape index (κ1) is 19.8. The van der Waals surface area contributed by atoms with Crippen molar-refractivity contribution in [3.05, 3.63) is 42.2 Å². The van der Waals surface area contributed by atoms with Crippen LogP contribution in [0.4, 0.5) is 10.5 Å². The van der Waals surface area contributed by atoms with Gasteiger partial charge in [-0.1, -0.05) is 6.07 Å². The molecule has 2 amide bonds. The van der Waals surface area contributed by atoms with E-state index in [-0.39, 0.29) is 6.03 Å². The van der Waals surface area contributed by atoms with Gasteiger partial charge in [-0.15, -0.1) is 0 Å². The number of carbonyl (C=O) groups excluding carboxylic acids is 1. The van der Waals surface area contributed by atoms with Crippen LogP contribution in [0.3, 0.4) is 0 Å². The third-order valence-corrected chi connectivity index (χ3v) is 4.69. The number of urea groups is 1. The molecule has 28 heavy (non-hydrogen) atoms. The lowest BCUT2D eigenvalue weighted by atomic mass is 10.2. The maximum Gasteiger partial charge on any atom is 0.321 e. The summed E-state index contributed by atoms with van der Waals surface area (Å²) in [6.45, 7) is 3.72. The van der Waals surface area contributed by atoms with Gasteiger partial charge in [-0.2, -0.15) is 0 Å². The van der Waals surface area contributed by atoms with Gasteiger partial charge in [0.25, 0.3) is 0 Å². The molecule has 0 atom stereocenters. The highest BCUT2D eigenvalue weighted by Crippen LogP contribution is 2.39. The molecule has 0 aliphatic carbocycles. The highest BCUT2D eigenvalue weighted by atomic mass is 16.5. The molecule has 1 saturated heterocycles. The van der Waals surface area contributed by atoms with E-state index in [0.29, 0.717) is 36.0 Å². The third-order valence-electron chi connectivity index (χ3n) is 4.69. The average Bonchev–Trinajstić information content (AvgIpc) is 2.74. The standard InChI is InChI=1S/C20H26N4O4/c1-26-17-12-16(13-18(27-2)19(17)28-3)22-20(25)24-10-8-23(9-11-24)14-15-6-4-5-7-21-15/h4-7,12-13H,8-11,14H2,1-3H3,(H,22,25). The molecular formula is C20H26N4O4. The van der Waals surface area contributed by atoms with Crippen molar-refractivity contribution < 1.29 is 19.0 Å². The second-order valence-corrected chi connectivity index (χ2v) is 6.43. The van der Waals surface area contributed by atoms with E-state index in [2.05, 4.69) is 15.2 Å². The molecule has 0 unspecified atom stereocenters. The molecular weight excluding hydrogens is 360 g/mol. The summed E-state index contributed by atoms with van der Waals surface area (Å²) in [5, 5.41) is 2.92. The normalized spacial score (nSPS) is 14.5. The van der Waals surface area contributed by atoms with Crippen LogP contribution in [0.2, 0.25) is 0 Å². The van der Waals surface area contributed by atoms with E-state index in [0.717, 1.165) is 25.3 Å². The number of nitrogens with zero attached hydrogens (tertiary/aromatic N) is 3. The summed E-state index contributed by atoms with van der Waals surface area (Å²) >= 11 is 0. The summed E-state index contributed by atoms with van der Waals surface area (Å²) in [6, 6.07) is 9.21. The van der Waals surface area contributed by atoms with Crippen LogP contribution in [-0.4, -0.2) is 68.3 Å². The molecule has 1 N–H and O–H groups in total. The van der Waals surface area contributed by atoms with Gasteiger partial charge in [0.2, 0.25) is 5.75 Å². The zero-order valence-corrected chi connectivity index (χ0v) is 16.5. The molecule has 0 radical (unpaired) electrons. The number of carbonyl (C=O) groups is 1. The van der Waals surface area contributed by atoms with Crippen LogP contribution in [0, 0.1) is 0 Å². The van der Waals surface area contributed by atoms with Gasteiger partial charge in [0.15, 0.2) is 11.5 Å². The predicted octanol–water partition coefficient (Wildman–Crippen LogP) is 2.46. The molecule has 3 rings (SSSR count). The molecule has 1 aliphatic rings. The number of rotatable bonds is 6. The summed E-state index contributed by atoms with van der Waals surface area (Å²) in [6.07, 6.45) is 1.80. The number of pyridine rings is 1. The fourth-order valence-corrected chi connectivity index (χ4v) is 3.19. The zero-order valence-electron chi connectivity index (χ0n) is 16.5. The lowest BCUT2D eigenvalue weighted by molar-refractivity contribution is 0.142. The van der Waals surface area contributed by atoms with Gasteiger partial charge in [-0.3, -0.25) is 9.88 Å². The van der Waals surface area contributed by atoms with Crippen LogP contribution in [0.5, 0.6) is 17.2 Å². The van der Waals surface area contributed by atoms with Crippen molar-refractivity contribution in [1.29, 1.82) is 0 Å². The molecule has 0 spiro atoms. The Morgan fingerprint density at radius 3 is 2.25 bits per heavy atom. The van der Waals surface area contributed by atoms with Crippen molar-refractivity contribution in [2.24, 2.45) is 0 Å². The molecule has 1 aliphatic heterocycles. The van der Waals surface area contributed by atoms with Crippen molar-refractivity contribution in [1.82, 2.24) is 14.8 Å². The Labute approximate surface area is 165 Å². The fraction of sp³-hybridized carbons (Fsp3) is 0.400. The van der Waals surface area contributed by atoms with Crippen molar-refractivity contribution in [3.63, 3.8) is 0 Å². The number of piperazine rings is 1. The summed E-state index contributed by atoms with van der Waals surface area (Å²) in [4.78, 5) is 21.1. The number of anilines is 1. The van der Waals surface area contributed by atoms with Crippen molar-refractivity contribution >= 4 is 11.7 Å². The number of aromatic nitrogens is 1. The van der Waals surface area contributed by atoms with Crippen molar-refractivity contribution in [2.45, 2.75) is 6.54 Å². The smallest absolute Gasteiger partial charge is 0.321 e. The van der Waals surface area contributed by atoms with Gasteiger partial charge in [-0.25, -0.2) is 4.79 Å². The third kappa shape index (κ3) is 4.64. The van der Waals surface area contributed by atoms with Crippen LogP contribution in [-0.2, 0) is 6.54 Å². The molecule has 1 aromatic carbocycles. The van der Waals surface area contributed by atoms with E-state index in [1.165, 1.54) is 0 Å². The topological polar surface area (TPSA) is 76.2 Å². The number of amides is 2. The summed E-state index contributed by atoms with van der Waals surface area (Å²) in [5.41, 5.74) is 1.63.